The highest BCUT2D eigenvalue weighted by Crippen LogP contribution is 2.45. The van der Waals surface area contributed by atoms with Crippen molar-refractivity contribution in [3.8, 4) is 5.75 Å². The molecule has 9 heteroatoms. The summed E-state index contributed by atoms with van der Waals surface area (Å²) in [5, 5.41) is 5.49. The van der Waals surface area contributed by atoms with Gasteiger partial charge in [-0.3, -0.25) is 4.79 Å². The van der Waals surface area contributed by atoms with Crippen LogP contribution in [0.15, 0.2) is 74.4 Å². The maximum atomic E-state index is 12.9. The number of thioether (sulfide) groups is 1. The van der Waals surface area contributed by atoms with Gasteiger partial charge in [-0.15, -0.1) is 0 Å². The van der Waals surface area contributed by atoms with Crippen LogP contribution >= 0.6 is 11.8 Å². The lowest BCUT2D eigenvalue weighted by molar-refractivity contribution is -0.139. The first-order chi connectivity index (χ1) is 16.0. The Bertz CT molecular complexity index is 1120. The van der Waals surface area contributed by atoms with Crippen LogP contribution in [-0.4, -0.2) is 35.7 Å². The van der Waals surface area contributed by atoms with Crippen LogP contribution in [0.25, 0.3) is 0 Å². The number of fused-ring (bicyclic) bond motifs is 1. The molecule has 0 saturated heterocycles. The molecule has 2 aromatic rings. The highest BCUT2D eigenvalue weighted by molar-refractivity contribution is 8.16. The van der Waals surface area contributed by atoms with Gasteiger partial charge in [0.15, 0.2) is 5.17 Å². The summed E-state index contributed by atoms with van der Waals surface area (Å²) >= 11 is 1.43. The van der Waals surface area contributed by atoms with Crippen LogP contribution < -0.4 is 10.1 Å². The van der Waals surface area contributed by atoms with Gasteiger partial charge in [0.1, 0.15) is 11.5 Å². The second kappa shape index (κ2) is 9.99. The largest absolute Gasteiger partial charge is 0.497 e. The van der Waals surface area contributed by atoms with Gasteiger partial charge in [-0.2, -0.15) is 0 Å². The minimum absolute atomic E-state index is 0.133. The number of esters is 1. The van der Waals surface area contributed by atoms with Crippen molar-refractivity contribution in [1.29, 1.82) is 0 Å². The molecule has 2 aliphatic heterocycles. The number of hydrogen-bond acceptors (Lipinski definition) is 8. The van der Waals surface area contributed by atoms with Crippen molar-refractivity contribution in [1.82, 2.24) is 10.2 Å². The first-order valence-electron chi connectivity index (χ1n) is 10.6. The molecule has 1 aromatic heterocycles. The number of methoxy groups -OCH3 is 1. The number of nitrogens with one attached hydrogen (secondary N) is 1. The zero-order chi connectivity index (χ0) is 23.4. The molecule has 1 aromatic carbocycles. The minimum Gasteiger partial charge on any atom is -0.497 e. The standard InChI is InChI=1S/C24H25N3O5S/c1-4-31-23(29)21-15(2)26-24-27(22(21)16-7-9-18(30-3)10-8-16)17(14-33-24)12-20(28)25-13-19-6-5-11-32-19/h5-11,14,22H,4,12-13H2,1-3H3,(H,25,28)/t22-/m0/s1. The van der Waals surface area contributed by atoms with Crippen molar-refractivity contribution >= 4 is 28.8 Å². The van der Waals surface area contributed by atoms with Gasteiger partial charge in [0, 0.05) is 5.70 Å². The average molecular weight is 468 g/mol. The number of amides is 1. The number of carbonyl (C=O) groups is 2. The van der Waals surface area contributed by atoms with Crippen LogP contribution in [0, 0.1) is 0 Å². The van der Waals surface area contributed by atoms with Crippen LogP contribution in [0.5, 0.6) is 5.75 Å². The number of aliphatic imine (C=N–C) groups is 1. The Morgan fingerprint density at radius 1 is 1.24 bits per heavy atom. The summed E-state index contributed by atoms with van der Waals surface area (Å²) in [7, 11) is 1.60. The van der Waals surface area contributed by atoms with Gasteiger partial charge >= 0.3 is 5.97 Å². The van der Waals surface area contributed by atoms with Crippen molar-refractivity contribution in [2.24, 2.45) is 4.99 Å². The summed E-state index contributed by atoms with van der Waals surface area (Å²) in [4.78, 5) is 32.2. The molecule has 1 atom stereocenters. The number of ether oxygens (including phenoxy) is 2. The summed E-state index contributed by atoms with van der Waals surface area (Å²) in [6.07, 6.45) is 1.70. The monoisotopic (exact) mass is 467 g/mol. The van der Waals surface area contributed by atoms with E-state index in [9.17, 15) is 9.59 Å². The third kappa shape index (κ3) is 4.83. The Morgan fingerprint density at radius 3 is 2.70 bits per heavy atom. The molecule has 1 amide bonds. The Morgan fingerprint density at radius 2 is 2.03 bits per heavy atom. The molecular weight excluding hydrogens is 442 g/mol. The van der Waals surface area contributed by atoms with Gasteiger partial charge in [0.25, 0.3) is 0 Å². The fourth-order valence-corrected chi connectivity index (χ4v) is 4.73. The van der Waals surface area contributed by atoms with Crippen LogP contribution in [0.3, 0.4) is 0 Å². The summed E-state index contributed by atoms with van der Waals surface area (Å²) in [5.74, 6) is 0.817. The minimum atomic E-state index is -0.471. The SMILES string of the molecule is CCOC(=O)C1=C(C)N=C2SC=C(CC(=O)NCc3ccco3)N2[C@H]1c1ccc(OC)cc1. The molecule has 172 valence electrons. The Balaban J connectivity index is 1.63. The lowest BCUT2D eigenvalue weighted by atomic mass is 9.93. The van der Waals surface area contributed by atoms with Crippen LogP contribution in [0.1, 0.15) is 37.6 Å². The van der Waals surface area contributed by atoms with Crippen LogP contribution in [0.2, 0.25) is 0 Å². The van der Waals surface area contributed by atoms with E-state index in [4.69, 9.17) is 13.9 Å². The van der Waals surface area contributed by atoms with E-state index in [1.54, 1.807) is 32.4 Å². The van der Waals surface area contributed by atoms with Crippen LogP contribution in [-0.2, 0) is 20.9 Å². The molecule has 4 rings (SSSR count). The van der Waals surface area contributed by atoms with E-state index in [0.717, 1.165) is 16.4 Å². The second-order valence-electron chi connectivity index (χ2n) is 7.42. The number of amidine groups is 1. The first-order valence-corrected chi connectivity index (χ1v) is 11.4. The predicted molar refractivity (Wildman–Crippen MR) is 125 cm³/mol. The van der Waals surface area contributed by atoms with E-state index in [1.807, 2.05) is 41.5 Å². The molecule has 0 radical (unpaired) electrons. The Hall–Kier alpha value is -3.46. The molecule has 1 N–H and O–H groups in total. The zero-order valence-corrected chi connectivity index (χ0v) is 19.5. The molecule has 0 aliphatic carbocycles. The van der Waals surface area contributed by atoms with Gasteiger partial charge in [-0.05, 0) is 49.1 Å². The smallest absolute Gasteiger partial charge is 0.338 e. The summed E-state index contributed by atoms with van der Waals surface area (Å²) < 4.78 is 15.9. The Labute approximate surface area is 196 Å². The number of carbonyl (C=O) groups excluding carboxylic acids is 2. The maximum absolute atomic E-state index is 12.9. The van der Waals surface area contributed by atoms with Crippen molar-refractivity contribution < 1.29 is 23.5 Å². The maximum Gasteiger partial charge on any atom is 0.338 e. The van der Waals surface area contributed by atoms with E-state index < -0.39 is 12.0 Å². The summed E-state index contributed by atoms with van der Waals surface area (Å²) in [5.41, 5.74) is 2.68. The van der Waals surface area contributed by atoms with E-state index in [2.05, 4.69) is 10.3 Å². The molecule has 0 bridgehead atoms. The van der Waals surface area contributed by atoms with E-state index >= 15 is 0 Å². The highest BCUT2D eigenvalue weighted by Gasteiger charge is 2.41. The topological polar surface area (TPSA) is 93.4 Å². The number of nitrogens with zero attached hydrogens (tertiary/aromatic N) is 2. The van der Waals surface area contributed by atoms with Gasteiger partial charge in [-0.25, -0.2) is 9.79 Å². The van der Waals surface area contributed by atoms with Crippen LogP contribution in [0.4, 0.5) is 0 Å². The number of allylic oxidation sites excluding steroid dienone is 1. The van der Waals surface area contributed by atoms with Gasteiger partial charge in [-0.1, -0.05) is 23.9 Å². The van der Waals surface area contributed by atoms with Crippen molar-refractivity contribution in [3.05, 3.63) is 76.4 Å². The van der Waals surface area contributed by atoms with Gasteiger partial charge in [0.05, 0.1) is 50.3 Å². The van der Waals surface area contributed by atoms with E-state index in [-0.39, 0.29) is 18.9 Å². The lowest BCUT2D eigenvalue weighted by Crippen LogP contribution is -2.38. The second-order valence-corrected chi connectivity index (χ2v) is 8.26. The molecule has 3 heterocycles. The molecule has 0 spiro atoms. The number of furan rings is 1. The molecule has 8 nitrogen and oxygen atoms in total. The van der Waals surface area contributed by atoms with Crippen molar-refractivity contribution in [3.63, 3.8) is 0 Å². The number of rotatable bonds is 8. The molecule has 0 fully saturated rings. The zero-order valence-electron chi connectivity index (χ0n) is 18.7. The van der Waals surface area contributed by atoms with Crippen molar-refractivity contribution in [2.75, 3.05) is 13.7 Å². The summed E-state index contributed by atoms with van der Waals surface area (Å²) in [6.45, 7) is 4.15. The van der Waals surface area contributed by atoms with Gasteiger partial charge < -0.3 is 24.1 Å². The predicted octanol–water partition coefficient (Wildman–Crippen LogP) is 4.13. The number of hydrogen-bond donors (Lipinski definition) is 1. The highest BCUT2D eigenvalue weighted by atomic mass is 32.2. The number of benzene rings is 1. The average Bonchev–Trinajstić information content (AvgIpc) is 3.47. The third-order valence-electron chi connectivity index (χ3n) is 5.31. The quantitative estimate of drug-likeness (QED) is 0.584. The summed E-state index contributed by atoms with van der Waals surface area (Å²) in [6, 6.07) is 10.6. The fraction of sp³-hybridized carbons (Fsp3) is 0.292. The fourth-order valence-electron chi connectivity index (χ4n) is 3.77. The van der Waals surface area contributed by atoms with E-state index in [0.29, 0.717) is 29.3 Å². The molecule has 0 unspecified atom stereocenters. The molecule has 2 aliphatic rings. The van der Waals surface area contributed by atoms with Crippen molar-refractivity contribution in [2.45, 2.75) is 32.9 Å². The molecule has 33 heavy (non-hydrogen) atoms. The van der Waals surface area contributed by atoms with Gasteiger partial charge in [0.2, 0.25) is 5.91 Å². The first kappa shape index (κ1) is 22.7. The third-order valence-corrected chi connectivity index (χ3v) is 6.20. The molecule has 0 saturated carbocycles. The lowest BCUT2D eigenvalue weighted by Gasteiger charge is -2.36. The Kier molecular flexibility index (Phi) is 6.88. The van der Waals surface area contributed by atoms with E-state index in [1.165, 1.54) is 11.8 Å². The molecular formula is C24H25N3O5S. The normalized spacial score (nSPS) is 17.3.